The summed E-state index contributed by atoms with van der Waals surface area (Å²) in [6.45, 7) is 1.86. The summed E-state index contributed by atoms with van der Waals surface area (Å²) in [7, 11) is 0. The standard InChI is InChI=1S/C15H10N6/c1-10-7-13(11-5-3-2-4-6-11)21-14(12(10)8-16)19-15(20-21)18-9-17/h2-7H,1H3,(H,18,20). The van der Waals surface area contributed by atoms with Crippen molar-refractivity contribution in [1.82, 2.24) is 14.6 Å². The number of anilines is 1. The van der Waals surface area contributed by atoms with Crippen LogP contribution >= 0.6 is 0 Å². The molecule has 0 bridgehead atoms. The molecule has 0 radical (unpaired) electrons. The molecule has 0 aliphatic carbocycles. The molecular weight excluding hydrogens is 264 g/mol. The Hall–Kier alpha value is -3.38. The number of hydrogen-bond donors (Lipinski definition) is 1. The largest absolute Gasteiger partial charge is 0.259 e. The summed E-state index contributed by atoms with van der Waals surface area (Å²) in [6.07, 6.45) is 1.79. The molecule has 3 rings (SSSR count). The Bertz CT molecular complexity index is 896. The summed E-state index contributed by atoms with van der Waals surface area (Å²) in [5.74, 6) is 0.178. The smallest absolute Gasteiger partial charge is 0.256 e. The molecular formula is C15H10N6. The fourth-order valence-corrected chi connectivity index (χ4v) is 2.21. The minimum absolute atomic E-state index is 0.178. The minimum Gasteiger partial charge on any atom is -0.259 e. The first-order valence-electron chi connectivity index (χ1n) is 6.25. The van der Waals surface area contributed by atoms with Gasteiger partial charge in [-0.05, 0) is 18.6 Å². The van der Waals surface area contributed by atoms with Crippen LogP contribution in [-0.4, -0.2) is 14.6 Å². The number of nitrogens with one attached hydrogen (secondary N) is 1. The van der Waals surface area contributed by atoms with Gasteiger partial charge in [0.15, 0.2) is 11.8 Å². The van der Waals surface area contributed by atoms with Gasteiger partial charge >= 0.3 is 0 Å². The highest BCUT2D eigenvalue weighted by molar-refractivity contribution is 5.70. The average Bonchev–Trinajstić information content (AvgIpc) is 2.91. The van der Waals surface area contributed by atoms with Crippen LogP contribution in [0, 0.1) is 29.7 Å². The van der Waals surface area contributed by atoms with Gasteiger partial charge in [-0.1, -0.05) is 30.3 Å². The predicted octanol–water partition coefficient (Wildman–Crippen LogP) is 2.47. The fourth-order valence-electron chi connectivity index (χ4n) is 2.21. The number of rotatable bonds is 2. The normalized spacial score (nSPS) is 10.0. The fraction of sp³-hybridized carbons (Fsp3) is 0.0667. The zero-order valence-corrected chi connectivity index (χ0v) is 11.2. The number of benzene rings is 1. The van der Waals surface area contributed by atoms with Crippen molar-refractivity contribution < 1.29 is 0 Å². The third-order valence-corrected chi connectivity index (χ3v) is 3.16. The van der Waals surface area contributed by atoms with Gasteiger partial charge in [-0.25, -0.2) is 4.52 Å². The van der Waals surface area contributed by atoms with Crippen LogP contribution in [-0.2, 0) is 0 Å². The number of aromatic nitrogens is 3. The number of aryl methyl sites for hydroxylation is 1. The molecule has 0 saturated heterocycles. The molecule has 1 aromatic carbocycles. The second kappa shape index (κ2) is 4.95. The molecule has 6 heteroatoms. The Kier molecular flexibility index (Phi) is 2.98. The van der Waals surface area contributed by atoms with Gasteiger partial charge < -0.3 is 0 Å². The minimum atomic E-state index is 0.178. The zero-order chi connectivity index (χ0) is 14.8. The van der Waals surface area contributed by atoms with E-state index in [-0.39, 0.29) is 5.95 Å². The number of fused-ring (bicyclic) bond motifs is 1. The highest BCUT2D eigenvalue weighted by Gasteiger charge is 2.15. The van der Waals surface area contributed by atoms with E-state index in [4.69, 9.17) is 5.26 Å². The molecule has 0 fully saturated rings. The Morgan fingerprint density at radius 1 is 1.19 bits per heavy atom. The van der Waals surface area contributed by atoms with Gasteiger partial charge in [-0.3, -0.25) is 5.32 Å². The summed E-state index contributed by atoms with van der Waals surface area (Å²) in [5.41, 5.74) is 3.49. The van der Waals surface area contributed by atoms with Gasteiger partial charge in [-0.15, -0.1) is 5.10 Å². The molecule has 2 heterocycles. The maximum Gasteiger partial charge on any atom is 0.256 e. The molecule has 3 aromatic rings. The van der Waals surface area contributed by atoms with E-state index in [9.17, 15) is 5.26 Å². The molecule has 0 atom stereocenters. The zero-order valence-electron chi connectivity index (χ0n) is 11.2. The van der Waals surface area contributed by atoms with E-state index in [1.807, 2.05) is 43.3 Å². The molecule has 0 aliphatic heterocycles. The van der Waals surface area contributed by atoms with Gasteiger partial charge in [0.25, 0.3) is 5.95 Å². The number of nitriles is 2. The molecule has 21 heavy (non-hydrogen) atoms. The molecule has 0 aliphatic rings. The SMILES string of the molecule is Cc1cc(-c2ccccc2)n2nc(NC#N)nc2c1C#N. The van der Waals surface area contributed by atoms with Crippen molar-refractivity contribution >= 4 is 11.6 Å². The third-order valence-electron chi connectivity index (χ3n) is 3.16. The van der Waals surface area contributed by atoms with Crippen LogP contribution in [0.25, 0.3) is 16.9 Å². The Morgan fingerprint density at radius 2 is 1.95 bits per heavy atom. The van der Waals surface area contributed by atoms with E-state index in [1.165, 1.54) is 0 Å². The lowest BCUT2D eigenvalue weighted by atomic mass is 10.1. The van der Waals surface area contributed by atoms with Gasteiger partial charge in [0.05, 0.1) is 11.3 Å². The van der Waals surface area contributed by atoms with Crippen LogP contribution in [0.1, 0.15) is 11.1 Å². The summed E-state index contributed by atoms with van der Waals surface area (Å²) in [5, 5.41) is 24.6. The van der Waals surface area contributed by atoms with Gasteiger partial charge in [0.2, 0.25) is 0 Å². The van der Waals surface area contributed by atoms with Gasteiger partial charge in [0.1, 0.15) is 6.07 Å². The van der Waals surface area contributed by atoms with Crippen molar-refractivity contribution in [2.45, 2.75) is 6.92 Å². The van der Waals surface area contributed by atoms with Crippen molar-refractivity contribution in [3.8, 4) is 23.5 Å². The van der Waals surface area contributed by atoms with Crippen LogP contribution in [0.2, 0.25) is 0 Å². The quantitative estimate of drug-likeness (QED) is 0.572. The van der Waals surface area contributed by atoms with E-state index in [0.29, 0.717) is 11.2 Å². The highest BCUT2D eigenvalue weighted by atomic mass is 15.4. The monoisotopic (exact) mass is 274 g/mol. The topological polar surface area (TPSA) is 89.8 Å². The van der Waals surface area contributed by atoms with Crippen LogP contribution in [0.5, 0.6) is 0 Å². The molecule has 0 amide bonds. The second-order valence-electron chi connectivity index (χ2n) is 4.47. The number of pyridine rings is 1. The summed E-state index contributed by atoms with van der Waals surface area (Å²) in [6, 6.07) is 13.7. The first kappa shape index (κ1) is 12.6. The van der Waals surface area contributed by atoms with Crippen molar-refractivity contribution in [3.05, 3.63) is 47.5 Å². The average molecular weight is 274 g/mol. The van der Waals surface area contributed by atoms with E-state index < -0.39 is 0 Å². The molecule has 0 saturated carbocycles. The van der Waals surface area contributed by atoms with Crippen molar-refractivity contribution in [1.29, 1.82) is 10.5 Å². The number of hydrogen-bond acceptors (Lipinski definition) is 5. The van der Waals surface area contributed by atoms with Crippen molar-refractivity contribution in [2.75, 3.05) is 5.32 Å². The van der Waals surface area contributed by atoms with Gasteiger partial charge in [-0.2, -0.15) is 15.5 Å². The Labute approximate surface area is 120 Å². The lowest BCUT2D eigenvalue weighted by Gasteiger charge is -2.07. The maximum atomic E-state index is 9.30. The predicted molar refractivity (Wildman–Crippen MR) is 77.1 cm³/mol. The highest BCUT2D eigenvalue weighted by Crippen LogP contribution is 2.25. The third kappa shape index (κ3) is 2.05. The lowest BCUT2D eigenvalue weighted by molar-refractivity contribution is 0.968. The van der Waals surface area contributed by atoms with Crippen LogP contribution < -0.4 is 5.32 Å². The van der Waals surface area contributed by atoms with E-state index in [0.717, 1.165) is 16.8 Å². The molecule has 6 nitrogen and oxygen atoms in total. The van der Waals surface area contributed by atoms with Crippen molar-refractivity contribution in [2.24, 2.45) is 0 Å². The number of nitrogens with zero attached hydrogens (tertiary/aromatic N) is 5. The molecule has 2 aromatic heterocycles. The lowest BCUT2D eigenvalue weighted by Crippen LogP contribution is -1.99. The molecule has 100 valence electrons. The van der Waals surface area contributed by atoms with E-state index in [2.05, 4.69) is 21.5 Å². The first-order chi connectivity index (χ1) is 10.2. The van der Waals surface area contributed by atoms with E-state index >= 15 is 0 Å². The Balaban J connectivity index is 2.36. The second-order valence-corrected chi connectivity index (χ2v) is 4.47. The molecule has 0 spiro atoms. The van der Waals surface area contributed by atoms with Gasteiger partial charge in [0, 0.05) is 5.56 Å². The maximum absolute atomic E-state index is 9.30. The summed E-state index contributed by atoms with van der Waals surface area (Å²) < 4.78 is 1.58. The van der Waals surface area contributed by atoms with Crippen LogP contribution in [0.15, 0.2) is 36.4 Å². The van der Waals surface area contributed by atoms with Crippen LogP contribution in [0.3, 0.4) is 0 Å². The van der Waals surface area contributed by atoms with E-state index in [1.54, 1.807) is 10.7 Å². The molecule has 0 unspecified atom stereocenters. The first-order valence-corrected chi connectivity index (χ1v) is 6.25. The molecule has 1 N–H and O–H groups in total. The van der Waals surface area contributed by atoms with Crippen LogP contribution in [0.4, 0.5) is 5.95 Å². The van der Waals surface area contributed by atoms with Crippen molar-refractivity contribution in [3.63, 3.8) is 0 Å². The summed E-state index contributed by atoms with van der Waals surface area (Å²) >= 11 is 0. The summed E-state index contributed by atoms with van der Waals surface area (Å²) in [4.78, 5) is 4.22. The Morgan fingerprint density at radius 3 is 2.62 bits per heavy atom.